The molecule has 2 fully saturated rings. The molecule has 1 aliphatic carbocycles. The number of thiophene rings is 1. The van der Waals surface area contributed by atoms with E-state index in [0.29, 0.717) is 13.1 Å². The number of hydrogen-bond acceptors (Lipinski definition) is 4. The number of carbonyl (C=O) groups is 2. The van der Waals surface area contributed by atoms with Crippen LogP contribution in [0.3, 0.4) is 0 Å². The Labute approximate surface area is 220 Å². The summed E-state index contributed by atoms with van der Waals surface area (Å²) in [5.74, 6) is 1.47. The first kappa shape index (κ1) is 25.8. The summed E-state index contributed by atoms with van der Waals surface area (Å²) in [7, 11) is 0. The fourth-order valence-electron chi connectivity index (χ4n) is 6.99. The predicted molar refractivity (Wildman–Crippen MR) is 148 cm³/mol. The molecule has 198 valence electrons. The van der Waals surface area contributed by atoms with E-state index in [2.05, 4.69) is 40.1 Å². The van der Waals surface area contributed by atoms with Crippen LogP contribution >= 0.6 is 11.3 Å². The Hall–Kier alpha value is -1.86. The maximum Gasteiger partial charge on any atom is 0.271 e. The molecule has 2 amide bonds. The molecular formula is C29H44N4O2S. The quantitative estimate of drug-likeness (QED) is 0.555. The Morgan fingerprint density at radius 1 is 1.08 bits per heavy atom. The zero-order chi connectivity index (χ0) is 25.3. The summed E-state index contributed by atoms with van der Waals surface area (Å²) < 4.78 is 3.22. The van der Waals surface area contributed by atoms with Gasteiger partial charge in [-0.15, -0.1) is 11.3 Å². The second-order valence-electron chi connectivity index (χ2n) is 12.1. The Kier molecular flexibility index (Phi) is 7.78. The van der Waals surface area contributed by atoms with Gasteiger partial charge in [0.05, 0.1) is 16.8 Å². The number of piperidine rings is 1. The molecule has 0 aromatic carbocycles. The van der Waals surface area contributed by atoms with Crippen LogP contribution in [-0.2, 0) is 11.3 Å². The largest absolute Gasteiger partial charge is 0.351 e. The first-order chi connectivity index (χ1) is 17.3. The van der Waals surface area contributed by atoms with Crippen molar-refractivity contribution in [1.29, 1.82) is 0 Å². The van der Waals surface area contributed by atoms with E-state index >= 15 is 0 Å². The number of amides is 2. The number of carbonyl (C=O) groups excluding carboxylic acids is 2. The lowest BCUT2D eigenvalue weighted by molar-refractivity contribution is -0.133. The van der Waals surface area contributed by atoms with Gasteiger partial charge >= 0.3 is 0 Å². The van der Waals surface area contributed by atoms with Crippen LogP contribution in [0.4, 0.5) is 0 Å². The van der Waals surface area contributed by atoms with E-state index in [0.717, 1.165) is 66.6 Å². The molecule has 0 bridgehead atoms. The Morgan fingerprint density at radius 3 is 2.50 bits per heavy atom. The third kappa shape index (κ3) is 5.24. The predicted octanol–water partition coefficient (Wildman–Crippen LogP) is 5.51. The molecule has 2 aliphatic heterocycles. The van der Waals surface area contributed by atoms with E-state index in [4.69, 9.17) is 0 Å². The van der Waals surface area contributed by atoms with Crippen LogP contribution in [0.1, 0.15) is 89.0 Å². The number of rotatable bonds is 6. The third-order valence-electron chi connectivity index (χ3n) is 8.78. The van der Waals surface area contributed by atoms with Crippen LogP contribution in [0.15, 0.2) is 17.5 Å². The summed E-state index contributed by atoms with van der Waals surface area (Å²) >= 11 is 1.66. The summed E-state index contributed by atoms with van der Waals surface area (Å²) in [5, 5.41) is 5.48. The van der Waals surface area contributed by atoms with Gasteiger partial charge in [-0.3, -0.25) is 9.59 Å². The highest BCUT2D eigenvalue weighted by Gasteiger charge is 2.48. The molecule has 1 saturated carbocycles. The lowest BCUT2D eigenvalue weighted by atomic mass is 9.91. The minimum absolute atomic E-state index is 0.000321. The SMILES string of the molecule is C[C@@H]1C[C@@H](C)CN(CCCN2C(=O)c3cc4sccc4n3C[C@]2(C)C(=O)NC2CCCCCCC2)C1. The van der Waals surface area contributed by atoms with Crippen molar-refractivity contribution in [2.45, 2.75) is 96.7 Å². The van der Waals surface area contributed by atoms with E-state index < -0.39 is 5.54 Å². The molecule has 1 saturated heterocycles. The molecule has 0 spiro atoms. The standard InChI is InChI=1S/C29H44N4O2S/c1-21-16-22(2)19-31(18-21)13-9-14-33-27(34)25-17-26-24(12-15-36-26)32(25)20-29(33,3)28(35)30-23-10-7-5-4-6-8-11-23/h12,15,17,21-23H,4-11,13-14,16,18-20H2,1-3H3,(H,30,35)/t21-,22-,29-/m1/s1. The minimum atomic E-state index is -0.886. The van der Waals surface area contributed by atoms with Crippen LogP contribution < -0.4 is 5.32 Å². The fraction of sp³-hybridized carbons (Fsp3) is 0.724. The van der Waals surface area contributed by atoms with Crippen molar-refractivity contribution in [3.8, 4) is 0 Å². The van der Waals surface area contributed by atoms with Crippen molar-refractivity contribution >= 4 is 33.4 Å². The zero-order valence-electron chi connectivity index (χ0n) is 22.4. The molecule has 4 heterocycles. The molecule has 7 heteroatoms. The molecule has 36 heavy (non-hydrogen) atoms. The Balaban J connectivity index is 1.35. The van der Waals surface area contributed by atoms with E-state index in [1.807, 2.05) is 17.9 Å². The summed E-state index contributed by atoms with van der Waals surface area (Å²) in [4.78, 5) is 32.3. The van der Waals surface area contributed by atoms with Crippen molar-refractivity contribution in [3.63, 3.8) is 0 Å². The zero-order valence-corrected chi connectivity index (χ0v) is 23.2. The number of hydrogen-bond donors (Lipinski definition) is 1. The number of likely N-dealkylation sites (tertiary alicyclic amines) is 1. The molecule has 0 unspecified atom stereocenters. The smallest absolute Gasteiger partial charge is 0.271 e. The molecule has 3 atom stereocenters. The number of fused-ring (bicyclic) bond motifs is 3. The van der Waals surface area contributed by atoms with Gasteiger partial charge in [-0.25, -0.2) is 0 Å². The van der Waals surface area contributed by atoms with Gasteiger partial charge in [0.15, 0.2) is 0 Å². The summed E-state index contributed by atoms with van der Waals surface area (Å²) in [5.41, 5.74) is 0.917. The van der Waals surface area contributed by atoms with E-state index in [1.165, 1.54) is 38.5 Å². The van der Waals surface area contributed by atoms with Gasteiger partial charge in [-0.1, -0.05) is 46.0 Å². The first-order valence-corrected chi connectivity index (χ1v) is 15.1. The van der Waals surface area contributed by atoms with Gasteiger partial charge in [0.2, 0.25) is 5.91 Å². The first-order valence-electron chi connectivity index (χ1n) is 14.3. The Bertz CT molecular complexity index is 1060. The summed E-state index contributed by atoms with van der Waals surface area (Å²) in [6, 6.07) is 4.32. The highest BCUT2D eigenvalue weighted by molar-refractivity contribution is 7.17. The minimum Gasteiger partial charge on any atom is -0.351 e. The van der Waals surface area contributed by atoms with Crippen LogP contribution in [0.25, 0.3) is 10.2 Å². The molecule has 2 aromatic rings. The second-order valence-corrected chi connectivity index (χ2v) is 13.0. The number of nitrogens with zero attached hydrogens (tertiary/aromatic N) is 3. The van der Waals surface area contributed by atoms with Crippen molar-refractivity contribution in [2.75, 3.05) is 26.2 Å². The van der Waals surface area contributed by atoms with Gasteiger partial charge in [-0.05, 0) is 68.5 Å². The molecule has 1 N–H and O–H groups in total. The maximum atomic E-state index is 14.0. The van der Waals surface area contributed by atoms with Crippen LogP contribution in [0.2, 0.25) is 0 Å². The topological polar surface area (TPSA) is 57.6 Å². The normalized spacial score (nSPS) is 28.6. The summed E-state index contributed by atoms with van der Waals surface area (Å²) in [6.07, 6.45) is 10.5. The van der Waals surface area contributed by atoms with Gasteiger partial charge < -0.3 is 19.7 Å². The molecule has 0 radical (unpaired) electrons. The maximum absolute atomic E-state index is 14.0. The van der Waals surface area contributed by atoms with Gasteiger partial charge in [0, 0.05) is 25.7 Å². The highest BCUT2D eigenvalue weighted by Crippen LogP contribution is 2.35. The van der Waals surface area contributed by atoms with Crippen molar-refractivity contribution in [2.24, 2.45) is 11.8 Å². The highest BCUT2D eigenvalue weighted by atomic mass is 32.1. The lowest BCUT2D eigenvalue weighted by Crippen LogP contribution is -2.65. The van der Waals surface area contributed by atoms with Crippen LogP contribution in [-0.4, -0.2) is 63.9 Å². The van der Waals surface area contributed by atoms with Crippen LogP contribution in [0, 0.1) is 11.8 Å². The number of aromatic nitrogens is 1. The second kappa shape index (κ2) is 10.9. The van der Waals surface area contributed by atoms with Crippen LogP contribution in [0.5, 0.6) is 0 Å². The van der Waals surface area contributed by atoms with E-state index in [9.17, 15) is 9.59 Å². The van der Waals surface area contributed by atoms with E-state index in [-0.39, 0.29) is 17.9 Å². The molecule has 3 aliphatic rings. The van der Waals surface area contributed by atoms with E-state index in [1.54, 1.807) is 11.3 Å². The van der Waals surface area contributed by atoms with Gasteiger partial charge in [-0.2, -0.15) is 0 Å². The molecule has 6 nitrogen and oxygen atoms in total. The Morgan fingerprint density at radius 2 is 1.78 bits per heavy atom. The van der Waals surface area contributed by atoms with Crippen molar-refractivity contribution in [3.05, 3.63) is 23.2 Å². The summed E-state index contributed by atoms with van der Waals surface area (Å²) in [6.45, 7) is 11.1. The lowest BCUT2D eigenvalue weighted by Gasteiger charge is -2.45. The average molecular weight is 513 g/mol. The van der Waals surface area contributed by atoms with Gasteiger partial charge in [0.25, 0.3) is 5.91 Å². The van der Waals surface area contributed by atoms with Crippen molar-refractivity contribution in [1.82, 2.24) is 19.7 Å². The number of nitrogens with one attached hydrogen (secondary N) is 1. The molecule has 2 aromatic heterocycles. The fourth-order valence-corrected chi connectivity index (χ4v) is 7.81. The molecule has 5 rings (SSSR count). The average Bonchev–Trinajstić information content (AvgIpc) is 3.39. The van der Waals surface area contributed by atoms with Gasteiger partial charge in [0.1, 0.15) is 11.2 Å². The van der Waals surface area contributed by atoms with Crippen molar-refractivity contribution < 1.29 is 9.59 Å². The molecular weight excluding hydrogens is 468 g/mol. The third-order valence-corrected chi connectivity index (χ3v) is 9.63. The monoisotopic (exact) mass is 512 g/mol.